The molecule has 0 spiro atoms. The monoisotopic (exact) mass is 361 g/mol. The largest absolute Gasteiger partial charge is 0.471 e. The van der Waals surface area contributed by atoms with E-state index in [-0.39, 0.29) is 36.6 Å². The highest BCUT2D eigenvalue weighted by Crippen LogP contribution is 2.44. The fourth-order valence-electron chi connectivity index (χ4n) is 2.56. The Bertz CT molecular complexity index is 762. The van der Waals surface area contributed by atoms with Crippen molar-refractivity contribution in [2.75, 3.05) is 5.32 Å². The smallest absolute Gasteiger partial charge is 0.329 e. The molecule has 1 saturated carbocycles. The molecule has 0 radical (unpaired) electrons. The van der Waals surface area contributed by atoms with Crippen LogP contribution in [-0.2, 0) is 11.0 Å². The van der Waals surface area contributed by atoms with Crippen molar-refractivity contribution in [3.05, 3.63) is 30.2 Å². The van der Waals surface area contributed by atoms with Gasteiger partial charge in [-0.15, -0.1) is 0 Å². The number of hydrogen-bond donors (Lipinski definition) is 1. The van der Waals surface area contributed by atoms with Crippen molar-refractivity contribution in [3.8, 4) is 11.4 Å². The van der Waals surface area contributed by atoms with E-state index in [1.165, 1.54) is 24.3 Å². The highest BCUT2D eigenvalue weighted by atomic mass is 19.4. The number of anilines is 1. The summed E-state index contributed by atoms with van der Waals surface area (Å²) in [7, 11) is 0. The van der Waals surface area contributed by atoms with E-state index in [9.17, 15) is 26.7 Å². The molecular weight excluding hydrogens is 349 g/mol. The van der Waals surface area contributed by atoms with Crippen molar-refractivity contribution >= 4 is 11.6 Å². The molecule has 1 heterocycles. The van der Waals surface area contributed by atoms with E-state index in [1.54, 1.807) is 0 Å². The second-order valence-corrected chi connectivity index (χ2v) is 5.88. The van der Waals surface area contributed by atoms with Gasteiger partial charge in [0.05, 0.1) is 0 Å². The number of alkyl halides is 5. The van der Waals surface area contributed by atoms with Gasteiger partial charge in [-0.3, -0.25) is 4.79 Å². The number of carbonyl (C=O) groups is 1. The van der Waals surface area contributed by atoms with E-state index in [0.29, 0.717) is 5.69 Å². The molecule has 0 bridgehead atoms. The number of rotatable bonds is 4. The van der Waals surface area contributed by atoms with Crippen molar-refractivity contribution in [3.63, 3.8) is 0 Å². The number of amides is 1. The van der Waals surface area contributed by atoms with Gasteiger partial charge in [-0.2, -0.15) is 18.2 Å². The van der Waals surface area contributed by atoms with Gasteiger partial charge in [0, 0.05) is 30.5 Å². The van der Waals surface area contributed by atoms with Gasteiger partial charge in [0.2, 0.25) is 17.7 Å². The van der Waals surface area contributed by atoms with E-state index >= 15 is 0 Å². The third-order valence-corrected chi connectivity index (χ3v) is 3.74. The highest BCUT2D eigenvalue weighted by molar-refractivity contribution is 5.91. The fourth-order valence-corrected chi connectivity index (χ4v) is 2.56. The van der Waals surface area contributed by atoms with Gasteiger partial charge in [-0.1, -0.05) is 5.16 Å². The summed E-state index contributed by atoms with van der Waals surface area (Å²) in [6, 6.07) is 5.73. The van der Waals surface area contributed by atoms with Crippen molar-refractivity contribution in [1.82, 2.24) is 10.1 Å². The van der Waals surface area contributed by atoms with Gasteiger partial charge >= 0.3 is 12.1 Å². The first-order valence-corrected chi connectivity index (χ1v) is 7.31. The van der Waals surface area contributed by atoms with Gasteiger partial charge in [0.25, 0.3) is 0 Å². The molecule has 0 aliphatic heterocycles. The lowest BCUT2D eigenvalue weighted by Crippen LogP contribution is -2.37. The number of hydrogen-bond acceptors (Lipinski definition) is 4. The first-order valence-electron chi connectivity index (χ1n) is 7.31. The molecule has 1 aliphatic carbocycles. The van der Waals surface area contributed by atoms with Crippen LogP contribution in [0.4, 0.5) is 27.6 Å². The maximum atomic E-state index is 12.7. The minimum absolute atomic E-state index is 0.00285. The lowest BCUT2D eigenvalue weighted by Gasteiger charge is -2.34. The summed E-state index contributed by atoms with van der Waals surface area (Å²) in [6.07, 6.45) is -5.31. The maximum absolute atomic E-state index is 12.7. The van der Waals surface area contributed by atoms with Crippen molar-refractivity contribution in [2.45, 2.75) is 31.4 Å². The average molecular weight is 361 g/mol. The predicted octanol–water partition coefficient (Wildman–Crippen LogP) is 4.13. The molecule has 0 saturated heterocycles. The summed E-state index contributed by atoms with van der Waals surface area (Å²) in [5.74, 6) is -5.09. The van der Waals surface area contributed by atoms with Crippen molar-refractivity contribution < 1.29 is 31.3 Å². The second-order valence-electron chi connectivity index (χ2n) is 5.88. The third-order valence-electron chi connectivity index (χ3n) is 3.74. The molecule has 1 aliphatic rings. The minimum atomic E-state index is -4.72. The molecule has 1 fully saturated rings. The van der Waals surface area contributed by atoms with E-state index in [2.05, 4.69) is 20.0 Å². The zero-order valence-corrected chi connectivity index (χ0v) is 12.6. The summed E-state index contributed by atoms with van der Waals surface area (Å²) in [4.78, 5) is 15.0. The quantitative estimate of drug-likeness (QED) is 0.832. The second kappa shape index (κ2) is 6.08. The predicted molar refractivity (Wildman–Crippen MR) is 75.7 cm³/mol. The molecule has 2 aromatic rings. The molecule has 3 rings (SSSR count). The van der Waals surface area contributed by atoms with Crippen LogP contribution in [-0.4, -0.2) is 22.0 Å². The van der Waals surface area contributed by atoms with E-state index in [4.69, 9.17) is 0 Å². The first-order chi connectivity index (χ1) is 11.6. The molecule has 1 aromatic heterocycles. The molecule has 5 nitrogen and oxygen atoms in total. The summed E-state index contributed by atoms with van der Waals surface area (Å²) < 4.78 is 66.9. The fraction of sp³-hybridized carbons (Fsp3) is 0.400. The van der Waals surface area contributed by atoms with Crippen LogP contribution < -0.4 is 5.32 Å². The maximum Gasteiger partial charge on any atom is 0.471 e. The molecule has 1 N–H and O–H groups in total. The van der Waals surface area contributed by atoms with E-state index in [1.807, 2.05) is 0 Å². The molecule has 0 unspecified atom stereocenters. The van der Waals surface area contributed by atoms with Crippen LogP contribution in [0, 0.1) is 5.92 Å². The van der Waals surface area contributed by atoms with Gasteiger partial charge in [0.1, 0.15) is 0 Å². The number of halogens is 5. The van der Waals surface area contributed by atoms with Gasteiger partial charge < -0.3 is 9.84 Å². The van der Waals surface area contributed by atoms with Crippen LogP contribution in [0.25, 0.3) is 11.4 Å². The number of carbonyl (C=O) groups excluding carboxylic acids is 1. The Morgan fingerprint density at radius 1 is 1.24 bits per heavy atom. The number of aromatic nitrogens is 2. The molecule has 10 heteroatoms. The Morgan fingerprint density at radius 2 is 1.88 bits per heavy atom. The number of nitrogens with zero attached hydrogens (tertiary/aromatic N) is 2. The number of nitrogens with one attached hydrogen (secondary N) is 1. The third kappa shape index (κ3) is 4.12. The zero-order valence-electron chi connectivity index (χ0n) is 12.6. The Labute approximate surface area is 138 Å². The Balaban J connectivity index is 1.59. The van der Waals surface area contributed by atoms with Crippen LogP contribution in [0.1, 0.15) is 25.2 Å². The van der Waals surface area contributed by atoms with Crippen LogP contribution in [0.3, 0.4) is 0 Å². The lowest BCUT2D eigenvalue weighted by atomic mass is 9.79. The van der Waals surface area contributed by atoms with Crippen LogP contribution >= 0.6 is 0 Å². The SMILES string of the molecule is O=C(CC1CC(F)(F)C1)Nc1ccc(-c2noc(C(F)(F)F)n2)cc1. The summed E-state index contributed by atoms with van der Waals surface area (Å²) in [6.45, 7) is 0. The first kappa shape index (κ1) is 17.3. The molecular formula is C15H12F5N3O2. The lowest BCUT2D eigenvalue weighted by molar-refractivity contribution is -0.159. The van der Waals surface area contributed by atoms with Crippen molar-refractivity contribution in [2.24, 2.45) is 5.92 Å². The van der Waals surface area contributed by atoms with Gasteiger partial charge in [-0.25, -0.2) is 8.78 Å². The van der Waals surface area contributed by atoms with Gasteiger partial charge in [0.15, 0.2) is 0 Å². The van der Waals surface area contributed by atoms with E-state index < -0.39 is 23.9 Å². The Kier molecular flexibility index (Phi) is 4.21. The summed E-state index contributed by atoms with van der Waals surface area (Å²) in [5, 5.41) is 5.80. The molecule has 1 aromatic carbocycles. The van der Waals surface area contributed by atoms with E-state index in [0.717, 1.165) is 0 Å². The Morgan fingerprint density at radius 3 is 2.40 bits per heavy atom. The highest BCUT2D eigenvalue weighted by Gasteiger charge is 2.45. The Hall–Kier alpha value is -2.52. The number of benzene rings is 1. The van der Waals surface area contributed by atoms with Crippen molar-refractivity contribution in [1.29, 1.82) is 0 Å². The summed E-state index contributed by atoms with van der Waals surface area (Å²) in [5.41, 5.74) is 0.662. The molecule has 0 atom stereocenters. The van der Waals surface area contributed by atoms with Crippen LogP contribution in [0.5, 0.6) is 0 Å². The van der Waals surface area contributed by atoms with Crippen LogP contribution in [0.15, 0.2) is 28.8 Å². The molecule has 1 amide bonds. The average Bonchev–Trinajstić information content (AvgIpc) is 2.96. The summed E-state index contributed by atoms with van der Waals surface area (Å²) >= 11 is 0. The molecule has 25 heavy (non-hydrogen) atoms. The topological polar surface area (TPSA) is 68.0 Å². The van der Waals surface area contributed by atoms with Crippen LogP contribution in [0.2, 0.25) is 0 Å². The molecule has 134 valence electrons. The normalized spacial score (nSPS) is 17.2. The van der Waals surface area contributed by atoms with Gasteiger partial charge in [-0.05, 0) is 30.2 Å². The minimum Gasteiger partial charge on any atom is -0.329 e. The zero-order chi connectivity index (χ0) is 18.2. The standard InChI is InChI=1S/C15H12F5N3O2/c16-14(17)6-8(7-14)5-11(24)21-10-3-1-9(2-4-10)12-22-13(25-23-12)15(18,19)20/h1-4,8H,5-7H2,(H,21,24).